The van der Waals surface area contributed by atoms with Crippen LogP contribution < -0.4 is 5.73 Å². The molecule has 2 heteroatoms. The maximum Gasteiger partial charge on any atom is 0.159 e. The van der Waals surface area contributed by atoms with Gasteiger partial charge in [-0.1, -0.05) is 17.7 Å². The zero-order chi connectivity index (χ0) is 10.6. The average Bonchev–Trinajstić information content (AvgIpc) is 2.07. The van der Waals surface area contributed by atoms with E-state index < -0.39 is 0 Å². The first kappa shape index (κ1) is 10.5. The number of ketones is 1. The molecule has 0 saturated heterocycles. The molecular weight excluding hydrogens is 174 g/mol. The summed E-state index contributed by atoms with van der Waals surface area (Å²) in [5.74, 6) is 0.134. The van der Waals surface area contributed by atoms with E-state index in [4.69, 9.17) is 5.73 Å². The van der Waals surface area contributed by atoms with Gasteiger partial charge in [-0.3, -0.25) is 4.79 Å². The van der Waals surface area contributed by atoms with Gasteiger partial charge >= 0.3 is 0 Å². The molecule has 0 amide bonds. The van der Waals surface area contributed by atoms with E-state index >= 15 is 0 Å². The van der Waals surface area contributed by atoms with Gasteiger partial charge in [-0.05, 0) is 37.6 Å². The van der Waals surface area contributed by atoms with Gasteiger partial charge in [0, 0.05) is 12.1 Å². The lowest BCUT2D eigenvalue weighted by Gasteiger charge is -1.98. The monoisotopic (exact) mass is 189 g/mol. The van der Waals surface area contributed by atoms with Gasteiger partial charge < -0.3 is 5.73 Å². The molecule has 0 atom stereocenters. The van der Waals surface area contributed by atoms with Crippen molar-refractivity contribution < 1.29 is 4.79 Å². The summed E-state index contributed by atoms with van der Waals surface area (Å²) in [5.41, 5.74) is 8.30. The third-order valence-corrected chi connectivity index (χ3v) is 1.81. The fourth-order valence-corrected chi connectivity index (χ4v) is 1.21. The molecule has 0 spiro atoms. The van der Waals surface area contributed by atoms with E-state index in [0.717, 1.165) is 16.8 Å². The van der Waals surface area contributed by atoms with E-state index in [9.17, 15) is 4.79 Å². The molecule has 0 bridgehead atoms. The van der Waals surface area contributed by atoms with Crippen LogP contribution in [-0.2, 0) is 11.2 Å². The van der Waals surface area contributed by atoms with Crippen LogP contribution in [0.15, 0.2) is 35.9 Å². The number of allylic oxidation sites excluding steroid dienone is 2. The standard InChI is InChI=1S/C12H15NO/c1-9(2)7-12(14)8-10-3-5-11(13)6-4-10/h3-7H,8,13H2,1-2H3. The summed E-state index contributed by atoms with van der Waals surface area (Å²) in [4.78, 5) is 11.4. The van der Waals surface area contributed by atoms with Gasteiger partial charge in [-0.15, -0.1) is 0 Å². The van der Waals surface area contributed by atoms with Gasteiger partial charge in [0.2, 0.25) is 0 Å². The normalized spacial score (nSPS) is 9.57. The van der Waals surface area contributed by atoms with Crippen LogP contribution in [0.25, 0.3) is 0 Å². The second-order valence-corrected chi connectivity index (χ2v) is 3.61. The average molecular weight is 189 g/mol. The first-order valence-corrected chi connectivity index (χ1v) is 4.60. The lowest BCUT2D eigenvalue weighted by Crippen LogP contribution is -1.99. The highest BCUT2D eigenvalue weighted by atomic mass is 16.1. The molecule has 0 aliphatic heterocycles. The van der Waals surface area contributed by atoms with Crippen molar-refractivity contribution in [2.75, 3.05) is 5.73 Å². The van der Waals surface area contributed by atoms with Crippen molar-refractivity contribution in [3.05, 3.63) is 41.5 Å². The minimum absolute atomic E-state index is 0.134. The van der Waals surface area contributed by atoms with Crippen molar-refractivity contribution in [1.82, 2.24) is 0 Å². The zero-order valence-electron chi connectivity index (χ0n) is 8.58. The Morgan fingerprint density at radius 3 is 2.36 bits per heavy atom. The number of benzene rings is 1. The zero-order valence-corrected chi connectivity index (χ0v) is 8.58. The summed E-state index contributed by atoms with van der Waals surface area (Å²) >= 11 is 0. The van der Waals surface area contributed by atoms with Gasteiger partial charge in [0.1, 0.15) is 0 Å². The molecule has 2 N–H and O–H groups in total. The molecule has 0 aromatic heterocycles. The Hall–Kier alpha value is -1.57. The van der Waals surface area contributed by atoms with Crippen molar-refractivity contribution in [3.8, 4) is 0 Å². The Morgan fingerprint density at radius 1 is 1.29 bits per heavy atom. The van der Waals surface area contributed by atoms with E-state index in [1.54, 1.807) is 6.08 Å². The summed E-state index contributed by atoms with van der Waals surface area (Å²) in [5, 5.41) is 0. The van der Waals surface area contributed by atoms with Gasteiger partial charge in [0.25, 0.3) is 0 Å². The topological polar surface area (TPSA) is 43.1 Å². The van der Waals surface area contributed by atoms with Crippen LogP contribution in [0.5, 0.6) is 0 Å². The smallest absolute Gasteiger partial charge is 0.159 e. The number of nitrogens with two attached hydrogens (primary N) is 1. The molecule has 0 saturated carbocycles. The lowest BCUT2D eigenvalue weighted by atomic mass is 10.1. The maximum atomic E-state index is 11.4. The minimum Gasteiger partial charge on any atom is -0.399 e. The molecule has 1 aromatic carbocycles. The molecule has 0 heterocycles. The summed E-state index contributed by atoms with van der Waals surface area (Å²) in [6.07, 6.45) is 2.11. The van der Waals surface area contributed by atoms with E-state index in [0.29, 0.717) is 6.42 Å². The highest BCUT2D eigenvalue weighted by Crippen LogP contribution is 2.07. The third kappa shape index (κ3) is 3.44. The molecule has 2 nitrogen and oxygen atoms in total. The Labute approximate surface area is 84.4 Å². The Morgan fingerprint density at radius 2 is 1.86 bits per heavy atom. The number of rotatable bonds is 3. The summed E-state index contributed by atoms with van der Waals surface area (Å²) in [6.45, 7) is 3.84. The minimum atomic E-state index is 0.134. The van der Waals surface area contributed by atoms with E-state index in [-0.39, 0.29) is 5.78 Å². The Kier molecular flexibility index (Phi) is 3.46. The van der Waals surface area contributed by atoms with Gasteiger partial charge in [-0.2, -0.15) is 0 Å². The first-order chi connectivity index (χ1) is 6.58. The van der Waals surface area contributed by atoms with E-state index in [1.807, 2.05) is 38.1 Å². The highest BCUT2D eigenvalue weighted by molar-refractivity contribution is 5.91. The molecular formula is C12H15NO. The number of hydrogen-bond acceptors (Lipinski definition) is 2. The maximum absolute atomic E-state index is 11.4. The predicted octanol–water partition coefficient (Wildman–Crippen LogP) is 2.35. The molecule has 0 aliphatic carbocycles. The van der Waals surface area contributed by atoms with Crippen LogP contribution in [0.2, 0.25) is 0 Å². The number of carbonyl (C=O) groups excluding carboxylic acids is 1. The van der Waals surface area contributed by atoms with Crippen molar-refractivity contribution in [2.45, 2.75) is 20.3 Å². The van der Waals surface area contributed by atoms with E-state index in [2.05, 4.69) is 0 Å². The summed E-state index contributed by atoms with van der Waals surface area (Å²) in [6, 6.07) is 7.38. The summed E-state index contributed by atoms with van der Waals surface area (Å²) in [7, 11) is 0. The van der Waals surface area contributed by atoms with Crippen molar-refractivity contribution in [2.24, 2.45) is 0 Å². The van der Waals surface area contributed by atoms with Crippen molar-refractivity contribution >= 4 is 11.5 Å². The highest BCUT2D eigenvalue weighted by Gasteiger charge is 1.99. The van der Waals surface area contributed by atoms with Gasteiger partial charge in [-0.25, -0.2) is 0 Å². The summed E-state index contributed by atoms with van der Waals surface area (Å²) < 4.78 is 0. The van der Waals surface area contributed by atoms with Crippen LogP contribution in [0.4, 0.5) is 5.69 Å². The number of nitrogen functional groups attached to an aromatic ring is 1. The van der Waals surface area contributed by atoms with Gasteiger partial charge in [0.05, 0.1) is 0 Å². The molecule has 0 radical (unpaired) electrons. The van der Waals surface area contributed by atoms with Gasteiger partial charge in [0.15, 0.2) is 5.78 Å². The van der Waals surface area contributed by atoms with Crippen LogP contribution in [0.1, 0.15) is 19.4 Å². The second kappa shape index (κ2) is 4.61. The number of hydrogen-bond donors (Lipinski definition) is 1. The molecule has 1 aromatic rings. The van der Waals surface area contributed by atoms with Crippen molar-refractivity contribution in [3.63, 3.8) is 0 Å². The quantitative estimate of drug-likeness (QED) is 0.586. The van der Waals surface area contributed by atoms with Crippen LogP contribution in [-0.4, -0.2) is 5.78 Å². The fraction of sp³-hybridized carbons (Fsp3) is 0.250. The molecule has 14 heavy (non-hydrogen) atoms. The fourth-order valence-electron chi connectivity index (χ4n) is 1.21. The van der Waals surface area contributed by atoms with Crippen molar-refractivity contribution in [1.29, 1.82) is 0 Å². The second-order valence-electron chi connectivity index (χ2n) is 3.61. The molecule has 0 aliphatic rings. The molecule has 1 rings (SSSR count). The SMILES string of the molecule is CC(C)=CC(=O)Cc1ccc(N)cc1. The first-order valence-electron chi connectivity index (χ1n) is 4.60. The molecule has 0 unspecified atom stereocenters. The number of carbonyl (C=O) groups is 1. The lowest BCUT2D eigenvalue weighted by molar-refractivity contribution is -0.114. The van der Waals surface area contributed by atoms with Crippen LogP contribution in [0, 0.1) is 0 Å². The van der Waals surface area contributed by atoms with Crippen LogP contribution >= 0.6 is 0 Å². The number of anilines is 1. The van der Waals surface area contributed by atoms with Crippen LogP contribution in [0.3, 0.4) is 0 Å². The Balaban J connectivity index is 2.66. The molecule has 0 fully saturated rings. The van der Waals surface area contributed by atoms with E-state index in [1.165, 1.54) is 0 Å². The molecule has 74 valence electrons. The predicted molar refractivity (Wildman–Crippen MR) is 59.0 cm³/mol. The largest absolute Gasteiger partial charge is 0.399 e. The third-order valence-electron chi connectivity index (χ3n) is 1.81. The Bertz CT molecular complexity index is 345.